The van der Waals surface area contributed by atoms with Gasteiger partial charge in [-0.3, -0.25) is 0 Å². The molecular weight excluding hydrogens is 148 g/mol. The Kier molecular flexibility index (Phi) is 2.17. The van der Waals surface area contributed by atoms with Gasteiger partial charge in [0.2, 0.25) is 5.88 Å². The molecule has 0 aromatic carbocycles. The van der Waals surface area contributed by atoms with Gasteiger partial charge in [0.05, 0.1) is 12.1 Å². The van der Waals surface area contributed by atoms with Crippen LogP contribution in [-0.4, -0.2) is 19.9 Å². The van der Waals surface area contributed by atoms with Gasteiger partial charge in [0.1, 0.15) is 7.85 Å². The van der Waals surface area contributed by atoms with Crippen LogP contribution in [0.4, 0.5) is 0 Å². The Morgan fingerprint density at radius 2 is 2.40 bits per heavy atom. The molecule has 1 heterocycles. The molecule has 4 heteroatoms. The monoisotopic (exact) mass is 153 g/mol. The van der Waals surface area contributed by atoms with Gasteiger partial charge in [-0.25, -0.2) is 4.98 Å². The molecule has 0 aliphatic heterocycles. The number of halogens is 1. The standard InChI is InChI=1S/C6H5BClNO/c1-10-6-5(7)2-4(8)3-9-6/h2-3H,1H3. The van der Waals surface area contributed by atoms with E-state index < -0.39 is 0 Å². The topological polar surface area (TPSA) is 22.1 Å². The first-order chi connectivity index (χ1) is 4.74. The second-order valence-corrected chi connectivity index (χ2v) is 2.19. The third kappa shape index (κ3) is 1.42. The summed E-state index contributed by atoms with van der Waals surface area (Å²) in [6.45, 7) is 0. The molecule has 0 atom stereocenters. The normalized spacial score (nSPS) is 9.40. The van der Waals surface area contributed by atoms with Crippen LogP contribution in [0.15, 0.2) is 12.3 Å². The van der Waals surface area contributed by atoms with Crippen molar-refractivity contribution in [3.63, 3.8) is 0 Å². The molecule has 2 radical (unpaired) electrons. The molecule has 0 fully saturated rings. The third-order valence-corrected chi connectivity index (χ3v) is 1.25. The number of ether oxygens (including phenoxy) is 1. The summed E-state index contributed by atoms with van der Waals surface area (Å²) in [5.74, 6) is 0.407. The summed E-state index contributed by atoms with van der Waals surface area (Å²) in [6.07, 6.45) is 1.48. The zero-order valence-electron chi connectivity index (χ0n) is 5.47. The summed E-state index contributed by atoms with van der Waals surface area (Å²) in [6, 6.07) is 1.59. The van der Waals surface area contributed by atoms with Crippen molar-refractivity contribution in [2.24, 2.45) is 0 Å². The Morgan fingerprint density at radius 3 is 2.90 bits per heavy atom. The van der Waals surface area contributed by atoms with Crippen LogP contribution in [0.5, 0.6) is 5.88 Å². The van der Waals surface area contributed by atoms with Crippen LogP contribution < -0.4 is 10.2 Å². The highest BCUT2D eigenvalue weighted by Gasteiger charge is 1.97. The van der Waals surface area contributed by atoms with Gasteiger partial charge in [-0.1, -0.05) is 11.6 Å². The summed E-state index contributed by atoms with van der Waals surface area (Å²) in [5, 5.41) is 0.512. The lowest BCUT2D eigenvalue weighted by molar-refractivity contribution is 0.401. The van der Waals surface area contributed by atoms with Gasteiger partial charge in [-0.05, 0) is 11.5 Å². The highest BCUT2D eigenvalue weighted by atomic mass is 35.5. The highest BCUT2D eigenvalue weighted by Crippen LogP contribution is 2.07. The number of pyridine rings is 1. The van der Waals surface area contributed by atoms with E-state index in [9.17, 15) is 0 Å². The van der Waals surface area contributed by atoms with Crippen molar-refractivity contribution in [1.82, 2.24) is 4.98 Å². The van der Waals surface area contributed by atoms with Gasteiger partial charge in [0.15, 0.2) is 0 Å². The summed E-state index contributed by atoms with van der Waals surface area (Å²) in [5.41, 5.74) is 0.454. The maximum absolute atomic E-state index is 5.58. The van der Waals surface area contributed by atoms with Gasteiger partial charge in [0.25, 0.3) is 0 Å². The zero-order valence-corrected chi connectivity index (χ0v) is 6.22. The van der Waals surface area contributed by atoms with Crippen LogP contribution in [0.25, 0.3) is 0 Å². The molecule has 2 nitrogen and oxygen atoms in total. The van der Waals surface area contributed by atoms with E-state index in [0.29, 0.717) is 16.4 Å². The molecule has 0 unspecified atom stereocenters. The minimum Gasteiger partial charge on any atom is -0.481 e. The van der Waals surface area contributed by atoms with E-state index in [2.05, 4.69) is 4.98 Å². The predicted molar refractivity (Wildman–Crippen MR) is 41.2 cm³/mol. The van der Waals surface area contributed by atoms with Crippen molar-refractivity contribution in [3.8, 4) is 5.88 Å². The van der Waals surface area contributed by atoms with Gasteiger partial charge < -0.3 is 4.74 Å². The summed E-state index contributed by atoms with van der Waals surface area (Å²) in [7, 11) is 6.97. The Labute approximate surface area is 65.6 Å². The van der Waals surface area contributed by atoms with Crippen molar-refractivity contribution >= 4 is 24.9 Å². The van der Waals surface area contributed by atoms with Gasteiger partial charge in [-0.15, -0.1) is 0 Å². The predicted octanol–water partition coefficient (Wildman–Crippen LogP) is 0.537. The van der Waals surface area contributed by atoms with Crippen LogP contribution in [0.1, 0.15) is 0 Å². The number of nitrogens with zero attached hydrogens (tertiary/aromatic N) is 1. The van der Waals surface area contributed by atoms with E-state index in [1.807, 2.05) is 0 Å². The minimum absolute atomic E-state index is 0.407. The van der Waals surface area contributed by atoms with E-state index >= 15 is 0 Å². The van der Waals surface area contributed by atoms with Gasteiger partial charge in [0, 0.05) is 6.20 Å². The number of hydrogen-bond acceptors (Lipinski definition) is 2. The van der Waals surface area contributed by atoms with Crippen molar-refractivity contribution in [3.05, 3.63) is 17.3 Å². The maximum atomic E-state index is 5.58. The molecule has 1 aromatic rings. The number of hydrogen-bond donors (Lipinski definition) is 0. The van der Waals surface area contributed by atoms with Crippen LogP contribution >= 0.6 is 11.6 Å². The average Bonchev–Trinajstić information content (AvgIpc) is 1.88. The molecule has 0 bridgehead atoms. The molecule has 50 valence electrons. The Morgan fingerprint density at radius 1 is 1.70 bits per heavy atom. The molecule has 0 N–H and O–H groups in total. The Bertz CT molecular complexity index is 241. The second-order valence-electron chi connectivity index (χ2n) is 1.75. The molecule has 0 aliphatic rings. The average molecular weight is 153 g/mol. The van der Waals surface area contributed by atoms with Crippen molar-refractivity contribution in [1.29, 1.82) is 0 Å². The van der Waals surface area contributed by atoms with E-state index in [0.717, 1.165) is 0 Å². The maximum Gasteiger partial charge on any atom is 0.205 e. The van der Waals surface area contributed by atoms with Crippen LogP contribution in [-0.2, 0) is 0 Å². The minimum atomic E-state index is 0.407. The molecule has 0 amide bonds. The van der Waals surface area contributed by atoms with Gasteiger partial charge in [-0.2, -0.15) is 0 Å². The van der Waals surface area contributed by atoms with Crippen LogP contribution in [0, 0.1) is 0 Å². The third-order valence-electron chi connectivity index (χ3n) is 1.04. The largest absolute Gasteiger partial charge is 0.481 e. The molecule has 1 aromatic heterocycles. The number of rotatable bonds is 1. The SMILES string of the molecule is [B]c1cc(Cl)cnc1OC. The smallest absolute Gasteiger partial charge is 0.205 e. The summed E-state index contributed by atoms with van der Waals surface area (Å²) in [4.78, 5) is 3.82. The van der Waals surface area contributed by atoms with Crippen molar-refractivity contribution in [2.75, 3.05) is 7.11 Å². The molecular formula is C6H5BClNO. The molecule has 0 spiro atoms. The summed E-state index contributed by atoms with van der Waals surface area (Å²) >= 11 is 5.58. The van der Waals surface area contributed by atoms with E-state index in [4.69, 9.17) is 24.2 Å². The quantitative estimate of drug-likeness (QED) is 0.549. The fourth-order valence-corrected chi connectivity index (χ4v) is 0.779. The first-order valence-electron chi connectivity index (χ1n) is 2.69. The second kappa shape index (κ2) is 2.93. The first-order valence-corrected chi connectivity index (χ1v) is 3.07. The summed E-state index contributed by atoms with van der Waals surface area (Å²) < 4.78 is 4.81. The lowest BCUT2D eigenvalue weighted by Gasteiger charge is -2.01. The fraction of sp³-hybridized carbons (Fsp3) is 0.167. The molecule has 0 saturated heterocycles. The van der Waals surface area contributed by atoms with E-state index in [1.165, 1.54) is 13.3 Å². The highest BCUT2D eigenvalue weighted by molar-refractivity contribution is 6.37. The Balaban J connectivity index is 3.07. The van der Waals surface area contributed by atoms with E-state index in [-0.39, 0.29) is 0 Å². The first kappa shape index (κ1) is 7.41. The van der Waals surface area contributed by atoms with Crippen molar-refractivity contribution < 1.29 is 4.74 Å². The van der Waals surface area contributed by atoms with E-state index in [1.54, 1.807) is 6.07 Å². The molecule has 0 aliphatic carbocycles. The van der Waals surface area contributed by atoms with Gasteiger partial charge >= 0.3 is 0 Å². The lowest BCUT2D eigenvalue weighted by Crippen LogP contribution is -2.08. The zero-order chi connectivity index (χ0) is 7.56. The molecule has 0 saturated carbocycles. The lowest BCUT2D eigenvalue weighted by atomic mass is 9.98. The fourth-order valence-electron chi connectivity index (χ4n) is 0.613. The Hall–Kier alpha value is -0.695. The number of aromatic nitrogens is 1. The van der Waals surface area contributed by atoms with Crippen LogP contribution in [0.2, 0.25) is 5.02 Å². The molecule has 10 heavy (non-hydrogen) atoms. The van der Waals surface area contributed by atoms with Crippen LogP contribution in [0.3, 0.4) is 0 Å². The van der Waals surface area contributed by atoms with Crippen molar-refractivity contribution in [2.45, 2.75) is 0 Å². The number of methoxy groups -OCH3 is 1. The molecule has 1 rings (SSSR count).